The van der Waals surface area contributed by atoms with Gasteiger partial charge in [0.1, 0.15) is 5.75 Å². The minimum atomic E-state index is 0.826. The average Bonchev–Trinajstić information content (AvgIpc) is 2.45. The van der Waals surface area contributed by atoms with E-state index < -0.39 is 0 Å². The number of unbranched alkanes of at least 4 members (excludes halogenated alkanes) is 4. The van der Waals surface area contributed by atoms with Crippen molar-refractivity contribution in [1.29, 1.82) is 0 Å². The van der Waals surface area contributed by atoms with E-state index in [4.69, 9.17) is 4.74 Å². The van der Waals surface area contributed by atoms with Crippen molar-refractivity contribution in [3.63, 3.8) is 0 Å². The Morgan fingerprint density at radius 1 is 1.05 bits per heavy atom. The van der Waals surface area contributed by atoms with Gasteiger partial charge in [0.25, 0.3) is 0 Å². The fourth-order valence-electron chi connectivity index (χ4n) is 2.11. The molecule has 1 rings (SSSR count). The maximum absolute atomic E-state index is 5.94. The second kappa shape index (κ2) is 11.2. The summed E-state index contributed by atoms with van der Waals surface area (Å²) in [5.41, 5.74) is 1.24. The van der Waals surface area contributed by atoms with Gasteiger partial charge in [-0.15, -0.1) is 0 Å². The summed E-state index contributed by atoms with van der Waals surface area (Å²) >= 11 is 3.53. The molecule has 0 saturated heterocycles. The third-order valence-electron chi connectivity index (χ3n) is 3.27. The van der Waals surface area contributed by atoms with E-state index in [-0.39, 0.29) is 0 Å². The van der Waals surface area contributed by atoms with Crippen molar-refractivity contribution < 1.29 is 4.74 Å². The van der Waals surface area contributed by atoms with Gasteiger partial charge in [0.05, 0.1) is 6.61 Å². The zero-order valence-electron chi connectivity index (χ0n) is 12.9. The van der Waals surface area contributed by atoms with Crippen LogP contribution in [0.5, 0.6) is 5.75 Å². The molecule has 3 heteroatoms. The molecule has 1 aromatic carbocycles. The van der Waals surface area contributed by atoms with Crippen LogP contribution in [0.15, 0.2) is 22.7 Å². The van der Waals surface area contributed by atoms with Crippen LogP contribution in [0.25, 0.3) is 0 Å². The van der Waals surface area contributed by atoms with Gasteiger partial charge in [-0.25, -0.2) is 0 Å². The number of nitrogens with one attached hydrogen (secondary N) is 1. The lowest BCUT2D eigenvalue weighted by Crippen LogP contribution is -2.15. The van der Waals surface area contributed by atoms with Crippen LogP contribution in [0.4, 0.5) is 0 Å². The van der Waals surface area contributed by atoms with Gasteiger partial charge >= 0.3 is 0 Å². The SMILES string of the molecule is CCCCCCCOc1ccc(Br)cc1CNCCC. The number of ether oxygens (including phenoxy) is 1. The minimum Gasteiger partial charge on any atom is -0.493 e. The van der Waals surface area contributed by atoms with E-state index in [2.05, 4.69) is 53.3 Å². The molecular formula is C17H28BrNO. The predicted molar refractivity (Wildman–Crippen MR) is 90.4 cm³/mol. The van der Waals surface area contributed by atoms with E-state index in [0.717, 1.165) is 42.8 Å². The maximum atomic E-state index is 5.94. The Labute approximate surface area is 132 Å². The molecular weight excluding hydrogens is 314 g/mol. The van der Waals surface area contributed by atoms with Crippen LogP contribution in [0.2, 0.25) is 0 Å². The normalized spacial score (nSPS) is 10.8. The van der Waals surface area contributed by atoms with E-state index in [1.54, 1.807) is 0 Å². The van der Waals surface area contributed by atoms with Gasteiger partial charge in [-0.3, -0.25) is 0 Å². The third-order valence-corrected chi connectivity index (χ3v) is 3.76. The lowest BCUT2D eigenvalue weighted by atomic mass is 10.1. The van der Waals surface area contributed by atoms with Gasteiger partial charge in [0.2, 0.25) is 0 Å². The predicted octanol–water partition coefficient (Wildman–Crippen LogP) is 5.30. The summed E-state index contributed by atoms with van der Waals surface area (Å²) < 4.78 is 7.05. The molecule has 0 spiro atoms. The molecule has 2 nitrogen and oxygen atoms in total. The van der Waals surface area contributed by atoms with Gasteiger partial charge in [-0.2, -0.15) is 0 Å². The highest BCUT2D eigenvalue weighted by atomic mass is 79.9. The Balaban J connectivity index is 2.38. The quantitative estimate of drug-likeness (QED) is 0.551. The number of rotatable bonds is 11. The Morgan fingerprint density at radius 2 is 1.85 bits per heavy atom. The van der Waals surface area contributed by atoms with Gasteiger partial charge in [-0.1, -0.05) is 55.5 Å². The second-order valence-corrected chi connectivity index (χ2v) is 6.11. The van der Waals surface area contributed by atoms with Crippen LogP contribution >= 0.6 is 15.9 Å². The fourth-order valence-corrected chi connectivity index (χ4v) is 2.52. The zero-order chi connectivity index (χ0) is 14.6. The molecule has 0 fully saturated rings. The standard InChI is InChI=1S/C17H28BrNO/c1-3-5-6-7-8-12-20-17-10-9-16(18)13-15(17)14-19-11-4-2/h9-10,13,19H,3-8,11-12,14H2,1-2H3. The maximum Gasteiger partial charge on any atom is 0.123 e. The van der Waals surface area contributed by atoms with Crippen LogP contribution in [-0.2, 0) is 6.54 Å². The van der Waals surface area contributed by atoms with E-state index in [9.17, 15) is 0 Å². The lowest BCUT2D eigenvalue weighted by Gasteiger charge is -2.12. The molecule has 114 valence electrons. The monoisotopic (exact) mass is 341 g/mol. The molecule has 0 bridgehead atoms. The van der Waals surface area contributed by atoms with Crippen LogP contribution in [0.3, 0.4) is 0 Å². The van der Waals surface area contributed by atoms with Crippen molar-refractivity contribution in [1.82, 2.24) is 5.32 Å². The highest BCUT2D eigenvalue weighted by Crippen LogP contribution is 2.23. The third kappa shape index (κ3) is 7.30. The van der Waals surface area contributed by atoms with Gasteiger partial charge in [0, 0.05) is 16.6 Å². The van der Waals surface area contributed by atoms with Crippen molar-refractivity contribution in [2.45, 2.75) is 58.9 Å². The summed E-state index contributed by atoms with van der Waals surface area (Å²) in [6.07, 6.45) is 7.53. The van der Waals surface area contributed by atoms with Gasteiger partial charge in [-0.05, 0) is 37.6 Å². The highest BCUT2D eigenvalue weighted by molar-refractivity contribution is 9.10. The van der Waals surface area contributed by atoms with Crippen LogP contribution in [-0.4, -0.2) is 13.2 Å². The fraction of sp³-hybridized carbons (Fsp3) is 0.647. The van der Waals surface area contributed by atoms with Crippen LogP contribution in [0.1, 0.15) is 57.9 Å². The largest absolute Gasteiger partial charge is 0.493 e. The summed E-state index contributed by atoms with van der Waals surface area (Å²) in [5, 5.41) is 3.44. The van der Waals surface area contributed by atoms with E-state index in [1.165, 1.54) is 31.2 Å². The number of benzene rings is 1. The first kappa shape index (κ1) is 17.5. The van der Waals surface area contributed by atoms with Crippen molar-refractivity contribution in [2.24, 2.45) is 0 Å². The van der Waals surface area contributed by atoms with E-state index >= 15 is 0 Å². The first-order chi connectivity index (χ1) is 9.77. The summed E-state index contributed by atoms with van der Waals surface area (Å²) in [6.45, 7) is 7.17. The molecule has 1 aromatic rings. The van der Waals surface area contributed by atoms with Crippen molar-refractivity contribution in [3.8, 4) is 5.75 Å². The molecule has 0 heterocycles. The second-order valence-electron chi connectivity index (χ2n) is 5.19. The average molecular weight is 342 g/mol. The van der Waals surface area contributed by atoms with Crippen molar-refractivity contribution >= 4 is 15.9 Å². The smallest absolute Gasteiger partial charge is 0.123 e. The Kier molecular flexibility index (Phi) is 9.77. The van der Waals surface area contributed by atoms with Crippen molar-refractivity contribution in [3.05, 3.63) is 28.2 Å². The van der Waals surface area contributed by atoms with E-state index in [0.29, 0.717) is 0 Å². The number of halogens is 1. The molecule has 0 aliphatic rings. The van der Waals surface area contributed by atoms with Crippen LogP contribution < -0.4 is 10.1 Å². The first-order valence-electron chi connectivity index (χ1n) is 7.89. The molecule has 0 aliphatic heterocycles. The van der Waals surface area contributed by atoms with Crippen LogP contribution in [0, 0.1) is 0 Å². The van der Waals surface area contributed by atoms with Gasteiger partial charge < -0.3 is 10.1 Å². The summed E-state index contributed by atoms with van der Waals surface area (Å²) in [7, 11) is 0. The lowest BCUT2D eigenvalue weighted by molar-refractivity contribution is 0.301. The topological polar surface area (TPSA) is 21.3 Å². The molecule has 0 radical (unpaired) electrons. The molecule has 0 unspecified atom stereocenters. The minimum absolute atomic E-state index is 0.826. The molecule has 1 N–H and O–H groups in total. The molecule has 0 atom stereocenters. The summed E-state index contributed by atoms with van der Waals surface area (Å²) in [5.74, 6) is 1.02. The molecule has 0 amide bonds. The van der Waals surface area contributed by atoms with E-state index in [1.807, 2.05) is 0 Å². The molecule has 0 saturated carbocycles. The highest BCUT2D eigenvalue weighted by Gasteiger charge is 2.04. The van der Waals surface area contributed by atoms with Gasteiger partial charge in [0.15, 0.2) is 0 Å². The Morgan fingerprint density at radius 3 is 2.60 bits per heavy atom. The summed E-state index contributed by atoms with van der Waals surface area (Å²) in [6, 6.07) is 6.27. The number of hydrogen-bond donors (Lipinski definition) is 1. The molecule has 0 aliphatic carbocycles. The number of hydrogen-bond acceptors (Lipinski definition) is 2. The molecule has 20 heavy (non-hydrogen) atoms. The van der Waals surface area contributed by atoms with Crippen molar-refractivity contribution in [2.75, 3.05) is 13.2 Å². The zero-order valence-corrected chi connectivity index (χ0v) is 14.5. The Bertz CT molecular complexity index is 368. The summed E-state index contributed by atoms with van der Waals surface area (Å²) in [4.78, 5) is 0. The molecule has 0 aromatic heterocycles. The Hall–Kier alpha value is -0.540. The first-order valence-corrected chi connectivity index (χ1v) is 8.69.